The van der Waals surface area contributed by atoms with E-state index in [-0.39, 0.29) is 5.91 Å². The Labute approximate surface area is 163 Å². The number of methoxy groups -OCH3 is 1. The van der Waals surface area contributed by atoms with Crippen LogP contribution < -0.4 is 10.2 Å². The van der Waals surface area contributed by atoms with Crippen LogP contribution in [0.3, 0.4) is 0 Å². The fraction of sp³-hybridized carbons (Fsp3) is 0.316. The molecule has 9 nitrogen and oxygen atoms in total. The molecule has 1 atom stereocenters. The molecule has 3 amide bonds. The lowest BCUT2D eigenvalue weighted by Gasteiger charge is -2.31. The van der Waals surface area contributed by atoms with Crippen LogP contribution in [0.5, 0.6) is 5.75 Å². The lowest BCUT2D eigenvalue weighted by Crippen LogP contribution is -2.61. The van der Waals surface area contributed by atoms with Crippen molar-refractivity contribution in [3.63, 3.8) is 0 Å². The highest BCUT2D eigenvalue weighted by Crippen LogP contribution is 2.19. The Hall–Kier alpha value is -3.49. The standard InChI is InChI=1S/C19H22N6O3/c1-12(2)11-25-15-16(23(3)19(27)24(4)17(15)26)21-18(25)22-20-10-13-6-8-14(28-5)9-7-13/h6-10,15H,1,11H2,2-5H3/p+1/b20-10-. The summed E-state index contributed by atoms with van der Waals surface area (Å²) in [6, 6.07) is 6.29. The average Bonchev–Trinajstić information content (AvgIpc) is 3.03. The van der Waals surface area contributed by atoms with E-state index in [0.29, 0.717) is 18.3 Å². The Morgan fingerprint density at radius 2 is 2.00 bits per heavy atom. The summed E-state index contributed by atoms with van der Waals surface area (Å²) in [5.41, 5.74) is 4.60. The van der Waals surface area contributed by atoms with Gasteiger partial charge in [-0.05, 0) is 42.3 Å². The molecule has 9 heteroatoms. The molecule has 146 valence electrons. The number of guanidine groups is 1. The minimum Gasteiger partial charge on any atom is -0.497 e. The van der Waals surface area contributed by atoms with E-state index in [9.17, 15) is 9.59 Å². The minimum absolute atomic E-state index is 0.334. The number of hydrazone groups is 1. The van der Waals surface area contributed by atoms with E-state index in [2.05, 4.69) is 22.1 Å². The molecule has 0 spiro atoms. The number of amidine groups is 1. The van der Waals surface area contributed by atoms with Gasteiger partial charge in [0.05, 0.1) is 19.9 Å². The van der Waals surface area contributed by atoms with Gasteiger partial charge in [-0.25, -0.2) is 9.37 Å². The van der Waals surface area contributed by atoms with Crippen molar-refractivity contribution in [1.82, 2.24) is 15.2 Å². The lowest BCUT2D eigenvalue weighted by molar-refractivity contribution is -0.529. The first-order valence-corrected chi connectivity index (χ1v) is 8.68. The number of likely N-dealkylation sites (N-methyl/N-ethyl adjacent to an activating group) is 2. The minimum atomic E-state index is -0.692. The zero-order chi connectivity index (χ0) is 20.4. The Balaban J connectivity index is 1.87. The molecule has 1 fully saturated rings. The average molecular weight is 383 g/mol. The maximum atomic E-state index is 12.7. The maximum Gasteiger partial charge on any atom is 0.414 e. The zero-order valence-corrected chi connectivity index (χ0v) is 16.3. The summed E-state index contributed by atoms with van der Waals surface area (Å²) in [5.74, 6) is 1.18. The van der Waals surface area contributed by atoms with Crippen molar-refractivity contribution in [1.29, 1.82) is 0 Å². The predicted octanol–water partition coefficient (Wildman–Crippen LogP) is 0.868. The van der Waals surface area contributed by atoms with Crippen LogP contribution in [-0.2, 0) is 4.79 Å². The smallest absolute Gasteiger partial charge is 0.414 e. The molecule has 2 aliphatic heterocycles. The van der Waals surface area contributed by atoms with Crippen LogP contribution in [0, 0.1) is 0 Å². The zero-order valence-electron chi connectivity index (χ0n) is 16.3. The van der Waals surface area contributed by atoms with Crippen LogP contribution >= 0.6 is 0 Å². The summed E-state index contributed by atoms with van der Waals surface area (Å²) in [4.78, 5) is 31.8. The molecule has 1 saturated heterocycles. The Morgan fingerprint density at radius 3 is 2.61 bits per heavy atom. The van der Waals surface area contributed by atoms with E-state index in [1.165, 1.54) is 11.9 Å². The molecule has 0 radical (unpaired) electrons. The number of urea groups is 1. The van der Waals surface area contributed by atoms with Crippen LogP contribution in [0.25, 0.3) is 0 Å². The molecule has 0 bridgehead atoms. The number of rotatable bonds is 5. The van der Waals surface area contributed by atoms with Gasteiger partial charge in [-0.1, -0.05) is 11.6 Å². The van der Waals surface area contributed by atoms with Gasteiger partial charge in [0.15, 0.2) is 0 Å². The largest absolute Gasteiger partial charge is 0.497 e. The third-order valence-corrected chi connectivity index (χ3v) is 4.46. The first-order valence-electron chi connectivity index (χ1n) is 8.68. The first kappa shape index (κ1) is 19.3. The molecule has 0 saturated carbocycles. The highest BCUT2D eigenvalue weighted by molar-refractivity contribution is 6.22. The maximum absolute atomic E-state index is 12.7. The second-order valence-electron chi connectivity index (χ2n) is 6.66. The molecule has 2 aliphatic rings. The van der Waals surface area contributed by atoms with Gasteiger partial charge in [0.2, 0.25) is 11.9 Å². The molecule has 1 aromatic rings. The molecular weight excluding hydrogens is 360 g/mol. The van der Waals surface area contributed by atoms with Gasteiger partial charge >= 0.3 is 12.0 Å². The highest BCUT2D eigenvalue weighted by Gasteiger charge is 2.51. The third kappa shape index (κ3) is 3.51. The topological polar surface area (TPSA) is 89.6 Å². The number of ether oxygens (including phenoxy) is 1. The predicted molar refractivity (Wildman–Crippen MR) is 106 cm³/mol. The van der Waals surface area contributed by atoms with Crippen molar-refractivity contribution >= 4 is 29.9 Å². The van der Waals surface area contributed by atoms with Gasteiger partial charge in [-0.15, -0.1) is 5.10 Å². The van der Waals surface area contributed by atoms with E-state index in [0.717, 1.165) is 21.8 Å². The van der Waals surface area contributed by atoms with Gasteiger partial charge in [0.25, 0.3) is 5.91 Å². The fourth-order valence-electron chi connectivity index (χ4n) is 3.00. The van der Waals surface area contributed by atoms with Crippen LogP contribution in [0.1, 0.15) is 12.5 Å². The van der Waals surface area contributed by atoms with Crippen molar-refractivity contribution in [2.75, 3.05) is 27.7 Å². The number of nitrogens with one attached hydrogen (secondary N) is 1. The van der Waals surface area contributed by atoms with Crippen LogP contribution in [-0.4, -0.2) is 78.1 Å². The fourth-order valence-corrected chi connectivity index (χ4v) is 3.00. The van der Waals surface area contributed by atoms with Crippen LogP contribution in [0.15, 0.2) is 46.5 Å². The number of amides is 3. The Bertz CT molecular complexity index is 916. The first-order chi connectivity index (χ1) is 13.3. The lowest BCUT2D eigenvalue weighted by atomic mass is 10.1. The summed E-state index contributed by atoms with van der Waals surface area (Å²) in [5, 5.41) is 4.22. The Kier molecular flexibility index (Phi) is 5.25. The van der Waals surface area contributed by atoms with E-state index >= 15 is 0 Å². The van der Waals surface area contributed by atoms with E-state index in [1.54, 1.807) is 24.9 Å². The Morgan fingerprint density at radius 1 is 1.32 bits per heavy atom. The molecule has 1 unspecified atom stereocenters. The number of aliphatic imine (C=N–C) groups is 1. The van der Waals surface area contributed by atoms with Gasteiger partial charge in [-0.2, -0.15) is 5.43 Å². The van der Waals surface area contributed by atoms with Gasteiger partial charge in [0, 0.05) is 14.1 Å². The normalized spacial score (nSPS) is 19.3. The van der Waals surface area contributed by atoms with E-state index in [4.69, 9.17) is 4.74 Å². The number of hydrogen-bond donors (Lipinski definition) is 1. The molecule has 1 N–H and O–H groups in total. The van der Waals surface area contributed by atoms with Gasteiger partial charge in [0.1, 0.15) is 5.75 Å². The van der Waals surface area contributed by atoms with Crippen LogP contribution in [0.2, 0.25) is 0 Å². The number of carbonyl (C=O) groups excluding carboxylic acids is 2. The quantitative estimate of drug-likeness (QED) is 0.354. The second-order valence-corrected chi connectivity index (χ2v) is 6.66. The summed E-state index contributed by atoms with van der Waals surface area (Å²) < 4.78 is 6.89. The molecule has 28 heavy (non-hydrogen) atoms. The van der Waals surface area contributed by atoms with Crippen molar-refractivity contribution < 1.29 is 18.9 Å². The van der Waals surface area contributed by atoms with Gasteiger partial charge < -0.3 is 4.74 Å². The molecule has 1 aromatic carbocycles. The number of hydrogen-bond acceptors (Lipinski definition) is 6. The van der Waals surface area contributed by atoms with Crippen LogP contribution in [0.4, 0.5) is 4.79 Å². The van der Waals surface area contributed by atoms with Gasteiger partial charge in [-0.3, -0.25) is 14.6 Å². The van der Waals surface area contributed by atoms with Crippen molar-refractivity contribution in [2.24, 2.45) is 10.1 Å². The molecule has 2 heterocycles. The molecule has 0 aromatic heterocycles. The van der Waals surface area contributed by atoms with Crippen molar-refractivity contribution in [3.8, 4) is 5.75 Å². The number of imide groups is 1. The summed E-state index contributed by atoms with van der Waals surface area (Å²) >= 11 is 0. The number of nitrogens with zero attached hydrogens (tertiary/aromatic N) is 5. The van der Waals surface area contributed by atoms with Crippen molar-refractivity contribution in [2.45, 2.75) is 13.0 Å². The monoisotopic (exact) mass is 383 g/mol. The SMILES string of the molecule is C=C(C)C[N+]1=C(N/N=C\c2ccc(OC)cc2)N=C2C1C(=O)N(C)C(=O)N2C. The van der Waals surface area contributed by atoms with E-state index < -0.39 is 12.1 Å². The number of benzene rings is 1. The summed E-state index contributed by atoms with van der Waals surface area (Å²) in [6.45, 7) is 6.19. The summed E-state index contributed by atoms with van der Waals surface area (Å²) in [7, 11) is 4.67. The molecule has 3 rings (SSSR count). The van der Waals surface area contributed by atoms with Crippen molar-refractivity contribution in [3.05, 3.63) is 42.0 Å². The third-order valence-electron chi connectivity index (χ3n) is 4.46. The number of carbonyl (C=O) groups is 2. The van der Waals surface area contributed by atoms with E-state index in [1.807, 2.05) is 31.2 Å². The molecular formula is C19H23N6O3+. The second kappa shape index (κ2) is 7.63. The number of fused-ring (bicyclic) bond motifs is 1. The highest BCUT2D eigenvalue weighted by atomic mass is 16.5. The molecule has 0 aliphatic carbocycles. The summed E-state index contributed by atoms with van der Waals surface area (Å²) in [6.07, 6.45) is 1.64.